The van der Waals surface area contributed by atoms with Crippen molar-refractivity contribution in [3.8, 4) is 17.3 Å². The van der Waals surface area contributed by atoms with Crippen LogP contribution in [0.2, 0.25) is 0 Å². The van der Waals surface area contributed by atoms with Gasteiger partial charge in [0.05, 0.1) is 18.2 Å². The van der Waals surface area contributed by atoms with E-state index < -0.39 is 0 Å². The molecule has 0 radical (unpaired) electrons. The lowest BCUT2D eigenvalue weighted by atomic mass is 9.99. The summed E-state index contributed by atoms with van der Waals surface area (Å²) >= 11 is 0. The average molecular weight is 422 g/mol. The fourth-order valence-electron chi connectivity index (χ4n) is 3.69. The molecule has 162 valence electrons. The van der Waals surface area contributed by atoms with Crippen molar-refractivity contribution >= 4 is 5.91 Å². The first-order chi connectivity index (χ1) is 15.0. The summed E-state index contributed by atoms with van der Waals surface area (Å²) in [5, 5.41) is 11.8. The van der Waals surface area contributed by atoms with E-state index in [2.05, 4.69) is 27.3 Å². The predicted octanol–water partition coefficient (Wildman–Crippen LogP) is 2.92. The van der Waals surface area contributed by atoms with Gasteiger partial charge in [0.1, 0.15) is 17.5 Å². The number of nitrogens with zero attached hydrogens (tertiary/aromatic N) is 6. The van der Waals surface area contributed by atoms with E-state index in [1.807, 2.05) is 36.9 Å². The van der Waals surface area contributed by atoms with Gasteiger partial charge in [-0.15, -0.1) is 15.0 Å². The molecule has 4 rings (SSSR count). The van der Waals surface area contributed by atoms with Crippen molar-refractivity contribution in [2.75, 3.05) is 6.54 Å². The van der Waals surface area contributed by atoms with Gasteiger partial charge >= 0.3 is 0 Å². The van der Waals surface area contributed by atoms with Crippen LogP contribution in [0, 0.1) is 0 Å². The first-order valence-corrected chi connectivity index (χ1v) is 10.4. The zero-order valence-electron chi connectivity index (χ0n) is 17.9. The Morgan fingerprint density at radius 1 is 1.19 bits per heavy atom. The number of likely N-dealkylation sites (tertiary alicyclic amines) is 1. The molecule has 9 nitrogen and oxygen atoms in total. The fraction of sp³-hybridized carbons (Fsp3) is 0.409. The highest BCUT2D eigenvalue weighted by atomic mass is 16.5. The first kappa shape index (κ1) is 20.8. The Bertz CT molecular complexity index is 1020. The van der Waals surface area contributed by atoms with Crippen LogP contribution >= 0.6 is 0 Å². The molecule has 9 heteroatoms. The van der Waals surface area contributed by atoms with Crippen molar-refractivity contribution < 1.29 is 14.3 Å². The minimum atomic E-state index is -0.154. The third kappa shape index (κ3) is 4.82. The van der Waals surface area contributed by atoms with E-state index in [1.54, 1.807) is 24.4 Å². The highest BCUT2D eigenvalue weighted by molar-refractivity contribution is 5.98. The molecule has 1 aliphatic heterocycles. The summed E-state index contributed by atoms with van der Waals surface area (Å²) < 4.78 is 11.8. The maximum absolute atomic E-state index is 13.4. The third-order valence-corrected chi connectivity index (χ3v) is 5.16. The second-order valence-corrected chi connectivity index (χ2v) is 7.86. The lowest BCUT2D eigenvalue weighted by Crippen LogP contribution is -2.49. The molecule has 1 aliphatic rings. The molecule has 1 saturated heterocycles. The van der Waals surface area contributed by atoms with E-state index in [9.17, 15) is 4.79 Å². The van der Waals surface area contributed by atoms with Gasteiger partial charge in [-0.25, -0.2) is 4.98 Å². The summed E-state index contributed by atoms with van der Waals surface area (Å²) in [6.07, 6.45) is 4.61. The number of tetrazole rings is 1. The van der Waals surface area contributed by atoms with Crippen molar-refractivity contribution in [1.82, 2.24) is 30.1 Å². The number of benzene rings is 1. The van der Waals surface area contributed by atoms with Gasteiger partial charge in [-0.2, -0.15) is 0 Å². The molecule has 0 unspecified atom stereocenters. The number of ether oxygens (including phenoxy) is 2. The molecule has 0 aliphatic carbocycles. The number of carbonyl (C=O) groups is 1. The summed E-state index contributed by atoms with van der Waals surface area (Å²) in [6.45, 7) is 6.47. The van der Waals surface area contributed by atoms with E-state index >= 15 is 0 Å². The Labute approximate surface area is 181 Å². The molecule has 0 spiro atoms. The highest BCUT2D eigenvalue weighted by Crippen LogP contribution is 2.26. The lowest BCUT2D eigenvalue weighted by Gasteiger charge is -2.38. The van der Waals surface area contributed by atoms with Crippen LogP contribution in [0.15, 0.2) is 48.9 Å². The molecule has 3 heterocycles. The second kappa shape index (κ2) is 9.11. The Morgan fingerprint density at radius 3 is 2.81 bits per heavy atom. The molecule has 1 fully saturated rings. The van der Waals surface area contributed by atoms with Crippen LogP contribution in [0.4, 0.5) is 0 Å². The Morgan fingerprint density at radius 2 is 2.03 bits per heavy atom. The number of pyridine rings is 1. The average Bonchev–Trinajstić information content (AvgIpc) is 3.29. The van der Waals surface area contributed by atoms with Gasteiger partial charge in [-0.3, -0.25) is 4.79 Å². The maximum Gasteiger partial charge on any atom is 0.256 e. The summed E-state index contributed by atoms with van der Waals surface area (Å²) in [7, 11) is 0. The topological polar surface area (TPSA) is 95.3 Å². The number of para-hydroxylation sites is 1. The minimum Gasteiger partial charge on any atom is -0.491 e. The molecule has 3 aromatic rings. The summed E-state index contributed by atoms with van der Waals surface area (Å²) in [4.78, 5) is 21.0. The van der Waals surface area contributed by atoms with Gasteiger partial charge in [0, 0.05) is 18.3 Å². The van der Waals surface area contributed by atoms with E-state index in [0.717, 1.165) is 12.8 Å². The van der Waals surface area contributed by atoms with E-state index in [4.69, 9.17) is 9.47 Å². The number of hydrogen-bond acceptors (Lipinski definition) is 7. The number of hydrogen-bond donors (Lipinski definition) is 0. The lowest BCUT2D eigenvalue weighted by molar-refractivity contribution is 0.0371. The van der Waals surface area contributed by atoms with Crippen LogP contribution in [-0.4, -0.2) is 60.8 Å². The maximum atomic E-state index is 13.4. The first-order valence-electron chi connectivity index (χ1n) is 10.4. The Kier molecular flexibility index (Phi) is 6.11. The summed E-state index contributed by atoms with van der Waals surface area (Å²) in [6, 6.07) is 11.0. The normalized spacial score (nSPS) is 18.8. The molecule has 2 atom stereocenters. The molecular formula is C22H26N6O3. The van der Waals surface area contributed by atoms with Crippen LogP contribution in [0.3, 0.4) is 0 Å². The quantitative estimate of drug-likeness (QED) is 0.603. The smallest absolute Gasteiger partial charge is 0.256 e. The number of amides is 1. The summed E-state index contributed by atoms with van der Waals surface area (Å²) in [5.74, 6) is 1.13. The van der Waals surface area contributed by atoms with Crippen LogP contribution < -0.4 is 9.47 Å². The number of piperidine rings is 1. The third-order valence-electron chi connectivity index (χ3n) is 5.16. The van der Waals surface area contributed by atoms with Crippen LogP contribution in [-0.2, 0) is 0 Å². The molecule has 31 heavy (non-hydrogen) atoms. The van der Waals surface area contributed by atoms with Gasteiger partial charge in [0.25, 0.3) is 5.91 Å². The monoisotopic (exact) mass is 422 g/mol. The van der Waals surface area contributed by atoms with Gasteiger partial charge < -0.3 is 14.4 Å². The predicted molar refractivity (Wildman–Crippen MR) is 113 cm³/mol. The van der Waals surface area contributed by atoms with Gasteiger partial charge in [-0.1, -0.05) is 12.1 Å². The summed E-state index contributed by atoms with van der Waals surface area (Å²) in [5.41, 5.74) is 1.12. The number of rotatable bonds is 6. The Balaban J connectivity index is 1.51. The minimum absolute atomic E-state index is 0.0680. The molecule has 0 saturated carbocycles. The molecule has 0 bridgehead atoms. The zero-order chi connectivity index (χ0) is 21.8. The van der Waals surface area contributed by atoms with Crippen molar-refractivity contribution in [2.24, 2.45) is 0 Å². The number of carbonyl (C=O) groups excluding carboxylic acids is 1. The SMILES string of the molecule is CC(C)Oc1ccnc(O[C@@H]2CC[C@@H](C)N(C(=O)c3ccccc3-n3ncnn3)C2)c1. The molecule has 1 aromatic carbocycles. The largest absolute Gasteiger partial charge is 0.491 e. The van der Waals surface area contributed by atoms with Crippen molar-refractivity contribution in [1.29, 1.82) is 0 Å². The van der Waals surface area contributed by atoms with Crippen LogP contribution in [0.25, 0.3) is 5.69 Å². The molecule has 2 aromatic heterocycles. The van der Waals surface area contributed by atoms with Crippen molar-refractivity contribution in [2.45, 2.75) is 51.9 Å². The number of aromatic nitrogens is 5. The molecule has 1 amide bonds. The van der Waals surface area contributed by atoms with E-state index in [0.29, 0.717) is 29.4 Å². The van der Waals surface area contributed by atoms with Crippen LogP contribution in [0.5, 0.6) is 11.6 Å². The van der Waals surface area contributed by atoms with E-state index in [-0.39, 0.29) is 24.2 Å². The van der Waals surface area contributed by atoms with Gasteiger partial charge in [0.15, 0.2) is 6.33 Å². The Hall–Kier alpha value is -3.49. The van der Waals surface area contributed by atoms with Gasteiger partial charge in [-0.05, 0) is 57.0 Å². The molecular weight excluding hydrogens is 396 g/mol. The van der Waals surface area contributed by atoms with Crippen molar-refractivity contribution in [3.63, 3.8) is 0 Å². The zero-order valence-corrected chi connectivity index (χ0v) is 17.9. The fourth-order valence-corrected chi connectivity index (χ4v) is 3.69. The van der Waals surface area contributed by atoms with Crippen molar-refractivity contribution in [3.05, 3.63) is 54.5 Å². The van der Waals surface area contributed by atoms with Gasteiger partial charge in [0.2, 0.25) is 5.88 Å². The van der Waals surface area contributed by atoms with E-state index in [1.165, 1.54) is 11.1 Å². The highest BCUT2D eigenvalue weighted by Gasteiger charge is 2.32. The van der Waals surface area contributed by atoms with Crippen LogP contribution in [0.1, 0.15) is 44.0 Å². The second-order valence-electron chi connectivity index (χ2n) is 7.86. The standard InChI is InChI=1S/C22H26N6O3/c1-15(2)30-17-10-11-23-21(12-17)31-18-9-8-16(3)27(13-18)22(29)19-6-4-5-7-20(19)28-25-14-24-26-28/h4-7,10-12,14-16,18H,8-9,13H2,1-3H3/t16-,18-/m1/s1. The molecule has 0 N–H and O–H groups in total.